The first-order chi connectivity index (χ1) is 15.3. The second-order valence-electron chi connectivity index (χ2n) is 9.11. The summed E-state index contributed by atoms with van der Waals surface area (Å²) in [5, 5.41) is 0. The Balaban J connectivity index is 1.53. The molecule has 2 aromatic rings. The molecular weight excluding hydrogens is 436 g/mol. The van der Waals surface area contributed by atoms with Crippen LogP contribution in [0.1, 0.15) is 36.8 Å². The van der Waals surface area contributed by atoms with Crippen LogP contribution < -0.4 is 0 Å². The lowest BCUT2D eigenvalue weighted by Crippen LogP contribution is -2.52. The Morgan fingerprint density at radius 1 is 0.688 bits per heavy atom. The number of benzene rings is 2. The highest BCUT2D eigenvalue weighted by Gasteiger charge is 2.31. The van der Waals surface area contributed by atoms with E-state index in [0.29, 0.717) is 23.6 Å². The average Bonchev–Trinajstić information content (AvgIpc) is 2.81. The van der Waals surface area contributed by atoms with E-state index in [2.05, 4.69) is 37.7 Å². The summed E-state index contributed by atoms with van der Waals surface area (Å²) in [6.45, 7) is 5.75. The van der Waals surface area contributed by atoms with Crippen molar-refractivity contribution in [2.75, 3.05) is 38.7 Å². The molecule has 1 saturated carbocycles. The molecule has 1 fully saturated rings. The maximum Gasteiger partial charge on any atom is 0.0542 e. The molecule has 176 valence electrons. The predicted molar refractivity (Wildman–Crippen MR) is 136 cm³/mol. The van der Waals surface area contributed by atoms with E-state index >= 15 is 0 Å². The Hall–Kier alpha value is -1.34. The molecule has 0 saturated heterocycles. The Kier molecular flexibility index (Phi) is 9.65. The normalized spacial score (nSPS) is 21.1. The molecule has 1 aliphatic rings. The van der Waals surface area contributed by atoms with Crippen LogP contribution in [0.25, 0.3) is 0 Å². The van der Waals surface area contributed by atoms with Gasteiger partial charge in [-0.2, -0.15) is 0 Å². The van der Waals surface area contributed by atoms with Gasteiger partial charge in [0.2, 0.25) is 0 Å². The Labute approximate surface area is 199 Å². The van der Waals surface area contributed by atoms with Crippen LogP contribution in [0.15, 0.2) is 58.3 Å². The fraction of sp³-hybridized carbons (Fsp3) is 0.538. The largest absolute Gasteiger partial charge is 0.301 e. The number of hydrogen-bond acceptors (Lipinski definition) is 4. The molecule has 0 bridgehead atoms. The van der Waals surface area contributed by atoms with E-state index in [1.165, 1.54) is 36.8 Å². The molecule has 4 atom stereocenters. The van der Waals surface area contributed by atoms with E-state index in [1.807, 2.05) is 48.5 Å². The van der Waals surface area contributed by atoms with Gasteiger partial charge < -0.3 is 9.80 Å². The summed E-state index contributed by atoms with van der Waals surface area (Å²) in [5.74, 6) is 1.31. The third-order valence-corrected chi connectivity index (χ3v) is 9.36. The van der Waals surface area contributed by atoms with E-state index in [4.69, 9.17) is 0 Å². The Morgan fingerprint density at radius 2 is 1.03 bits per heavy atom. The number of hydrogen-bond donors (Lipinski definition) is 0. The molecule has 1 aliphatic carbocycles. The maximum atomic E-state index is 12.7. The molecule has 4 nitrogen and oxygen atoms in total. The summed E-state index contributed by atoms with van der Waals surface area (Å²) in [7, 11) is 2.42. The molecule has 0 N–H and O–H groups in total. The van der Waals surface area contributed by atoms with Crippen molar-refractivity contribution in [1.29, 1.82) is 0 Å². The van der Waals surface area contributed by atoms with Crippen molar-refractivity contribution in [3.8, 4) is 0 Å². The van der Waals surface area contributed by atoms with Crippen LogP contribution in [-0.4, -0.2) is 69.0 Å². The molecule has 0 spiro atoms. The van der Waals surface area contributed by atoms with Gasteiger partial charge in [0.1, 0.15) is 0 Å². The van der Waals surface area contributed by atoms with Crippen LogP contribution in [0.2, 0.25) is 0 Å². The first-order valence-electron chi connectivity index (χ1n) is 11.7. The fourth-order valence-electron chi connectivity index (χ4n) is 4.52. The Morgan fingerprint density at radius 3 is 1.38 bits per heavy atom. The molecule has 0 radical (unpaired) electrons. The summed E-state index contributed by atoms with van der Waals surface area (Å²) in [5.41, 5.74) is 2.39. The highest BCUT2D eigenvalue weighted by Crippen LogP contribution is 2.26. The van der Waals surface area contributed by atoms with Crippen molar-refractivity contribution in [2.24, 2.45) is 0 Å². The van der Waals surface area contributed by atoms with Crippen molar-refractivity contribution >= 4 is 21.6 Å². The van der Waals surface area contributed by atoms with Crippen molar-refractivity contribution in [3.05, 3.63) is 59.7 Å². The van der Waals surface area contributed by atoms with Gasteiger partial charge in [0.25, 0.3) is 0 Å². The molecule has 3 rings (SSSR count). The second-order valence-corrected chi connectivity index (χ2v) is 12.2. The van der Waals surface area contributed by atoms with Gasteiger partial charge in [-0.25, -0.2) is 0 Å². The van der Waals surface area contributed by atoms with E-state index in [1.54, 1.807) is 0 Å². The molecule has 2 unspecified atom stereocenters. The third kappa shape index (κ3) is 7.08. The Bertz CT molecular complexity index is 824. The summed E-state index contributed by atoms with van der Waals surface area (Å²) in [4.78, 5) is 6.65. The molecule has 0 amide bonds. The van der Waals surface area contributed by atoms with Gasteiger partial charge in [-0.1, -0.05) is 48.2 Å². The highest BCUT2D eigenvalue weighted by molar-refractivity contribution is 7.85. The lowest BCUT2D eigenvalue weighted by molar-refractivity contribution is 0.0851. The number of nitrogens with zero attached hydrogens (tertiary/aromatic N) is 2. The SMILES string of the molecule is Cc1ccc(S(=O)CCN(C)[C@@H]2CCCC[C@H]2N(C)CCS(=O)c2ccc(C)cc2)cc1. The number of rotatable bonds is 10. The summed E-state index contributed by atoms with van der Waals surface area (Å²) in [6.07, 6.45) is 4.83. The van der Waals surface area contributed by atoms with Crippen molar-refractivity contribution < 1.29 is 8.42 Å². The minimum absolute atomic E-state index is 0.455. The van der Waals surface area contributed by atoms with Gasteiger partial charge in [0, 0.05) is 46.5 Å². The van der Waals surface area contributed by atoms with E-state index in [-0.39, 0.29) is 0 Å². The van der Waals surface area contributed by atoms with Crippen LogP contribution in [0.5, 0.6) is 0 Å². The minimum Gasteiger partial charge on any atom is -0.301 e. The van der Waals surface area contributed by atoms with E-state index < -0.39 is 21.6 Å². The lowest BCUT2D eigenvalue weighted by atomic mass is 9.88. The second kappa shape index (κ2) is 12.2. The molecular formula is C26H38N2O2S2. The average molecular weight is 475 g/mol. The van der Waals surface area contributed by atoms with E-state index in [9.17, 15) is 8.42 Å². The maximum absolute atomic E-state index is 12.7. The van der Waals surface area contributed by atoms with Crippen LogP contribution in [0.3, 0.4) is 0 Å². The summed E-state index contributed by atoms with van der Waals surface area (Å²) >= 11 is 0. The van der Waals surface area contributed by atoms with Crippen LogP contribution in [-0.2, 0) is 21.6 Å². The van der Waals surface area contributed by atoms with Gasteiger partial charge >= 0.3 is 0 Å². The zero-order valence-corrected chi connectivity index (χ0v) is 21.6. The lowest BCUT2D eigenvalue weighted by Gasteiger charge is -2.42. The molecule has 6 heteroatoms. The summed E-state index contributed by atoms with van der Waals surface area (Å²) in [6, 6.07) is 17.0. The van der Waals surface area contributed by atoms with Gasteiger partial charge in [0.05, 0.1) is 21.6 Å². The molecule has 0 aromatic heterocycles. The quantitative estimate of drug-likeness (QED) is 0.512. The predicted octanol–water partition coefficient (Wildman–Crippen LogP) is 4.39. The number of aryl methyl sites for hydroxylation is 2. The summed E-state index contributed by atoms with van der Waals surface area (Å²) < 4.78 is 25.5. The minimum atomic E-state index is -0.967. The van der Waals surface area contributed by atoms with Crippen LogP contribution in [0, 0.1) is 13.8 Å². The monoisotopic (exact) mass is 474 g/mol. The van der Waals surface area contributed by atoms with Crippen LogP contribution >= 0.6 is 0 Å². The van der Waals surface area contributed by atoms with Crippen molar-refractivity contribution in [3.63, 3.8) is 0 Å². The van der Waals surface area contributed by atoms with E-state index in [0.717, 1.165) is 22.9 Å². The van der Waals surface area contributed by atoms with Gasteiger partial charge in [0.15, 0.2) is 0 Å². The molecule has 2 aromatic carbocycles. The fourth-order valence-corrected chi connectivity index (χ4v) is 6.78. The zero-order chi connectivity index (χ0) is 23.1. The molecule has 32 heavy (non-hydrogen) atoms. The van der Waals surface area contributed by atoms with Gasteiger partial charge in [-0.3, -0.25) is 8.42 Å². The first-order valence-corrected chi connectivity index (χ1v) is 14.3. The molecule has 0 aliphatic heterocycles. The smallest absolute Gasteiger partial charge is 0.0542 e. The van der Waals surface area contributed by atoms with Crippen LogP contribution in [0.4, 0.5) is 0 Å². The third-order valence-electron chi connectivity index (χ3n) is 6.65. The number of likely N-dealkylation sites (N-methyl/N-ethyl adjacent to an activating group) is 2. The van der Waals surface area contributed by atoms with Crippen molar-refractivity contribution in [1.82, 2.24) is 9.80 Å². The van der Waals surface area contributed by atoms with Gasteiger partial charge in [-0.05, 0) is 65.0 Å². The topological polar surface area (TPSA) is 40.6 Å². The first kappa shape index (κ1) is 25.3. The zero-order valence-electron chi connectivity index (χ0n) is 20.0. The standard InChI is InChI=1S/C26H38N2O2S2/c1-21-9-13-23(14-10-21)31(29)19-17-27(3)25-7-5-6-8-26(25)28(4)18-20-32(30)24-15-11-22(2)12-16-24/h9-16,25-26H,5-8,17-20H2,1-4H3/t25-,26-,31?,32?/m1/s1. The van der Waals surface area contributed by atoms with Crippen molar-refractivity contribution in [2.45, 2.75) is 61.4 Å². The highest BCUT2D eigenvalue weighted by atomic mass is 32.2. The molecule has 0 heterocycles. The van der Waals surface area contributed by atoms with Gasteiger partial charge in [-0.15, -0.1) is 0 Å².